The summed E-state index contributed by atoms with van der Waals surface area (Å²) in [5.41, 5.74) is 21.3. The summed E-state index contributed by atoms with van der Waals surface area (Å²) in [5, 5.41) is 57.5. The Morgan fingerprint density at radius 1 is 0.302 bits per heavy atom. The standard InChI is InChI=1S/C96H62N8O2/c1-95(2,3)64-32-40-78-73(48-64)74-49-65(33-41-79(74)102(78)86-50-87(63(54-99)45-62(86)53-98)103-77-25-15-12-24-70(77)90-84(103)42-34-68-66-22-13-16-26-88(66)105-93(68)90)96(4,5)51-56-28-36-82-75(44-56)91-85(43-35-69-67-23-14-17-27-89(67)106-94(69)91)101(82)83-39-31-61(52-97)92(76(83)55-100)104-80-37-29-59(57-18-8-6-9-19-57)46-71(80)72-47-60(30-38-81(72)104)58-20-10-7-11-21-58/h6-50H,51H2,1-5H3. The molecular formula is C96H62N8O2. The number of para-hydroxylation sites is 3. The van der Waals surface area contributed by atoms with Crippen molar-refractivity contribution in [2.24, 2.45) is 0 Å². The van der Waals surface area contributed by atoms with E-state index >= 15 is 0 Å². The SMILES string of the molecule is CC(C)(C)c1ccc2c(c1)c1cc(C(C)(C)Cc3ccc4c(c3)c3c5oc6ccccc6c5ccc3n4-c3ccc(C#N)c(-n4c5ccc(-c6ccccc6)cc5c5cc(-c6ccccc6)ccc54)c3C#N)ccc1n2-c1cc(-n2c3ccccc3c3c4oc5ccccc5c4ccc32)c(C#N)cc1C#N. The number of rotatable bonds is 9. The Morgan fingerprint density at radius 3 is 1.31 bits per heavy atom. The fourth-order valence-electron chi connectivity index (χ4n) is 17.2. The van der Waals surface area contributed by atoms with Gasteiger partial charge in [-0.25, -0.2) is 0 Å². The maximum absolute atomic E-state index is 11.9. The maximum atomic E-state index is 11.9. The predicted molar refractivity (Wildman–Crippen MR) is 430 cm³/mol. The number of nitrogens with zero attached hydrogens (tertiary/aromatic N) is 8. The van der Waals surface area contributed by atoms with Gasteiger partial charge in [-0.05, 0) is 184 Å². The summed E-state index contributed by atoms with van der Waals surface area (Å²) in [6.45, 7) is 11.3. The number of furan rings is 2. The van der Waals surface area contributed by atoms with Crippen molar-refractivity contribution in [2.45, 2.75) is 51.9 Å². The van der Waals surface area contributed by atoms with Crippen molar-refractivity contribution in [1.82, 2.24) is 18.3 Å². The number of nitriles is 4. The molecule has 0 radical (unpaired) electrons. The summed E-state index contributed by atoms with van der Waals surface area (Å²) in [6, 6.07) is 105. The zero-order chi connectivity index (χ0) is 71.6. The highest BCUT2D eigenvalue weighted by atomic mass is 16.3. The highest BCUT2D eigenvalue weighted by Gasteiger charge is 2.31. The number of hydrogen-bond donors (Lipinski definition) is 0. The minimum Gasteiger partial charge on any atom is -0.455 e. The van der Waals surface area contributed by atoms with Crippen molar-refractivity contribution in [3.05, 3.63) is 312 Å². The van der Waals surface area contributed by atoms with Gasteiger partial charge in [0.15, 0.2) is 0 Å². The molecule has 0 unspecified atom stereocenters. The lowest BCUT2D eigenvalue weighted by atomic mass is 9.78. The molecule has 20 rings (SSSR count). The third kappa shape index (κ3) is 9.05. The quantitative estimate of drug-likeness (QED) is 0.141. The number of benzene rings is 14. The van der Waals surface area contributed by atoms with Crippen LogP contribution in [0.3, 0.4) is 0 Å². The van der Waals surface area contributed by atoms with Gasteiger partial charge in [-0.1, -0.05) is 180 Å². The Kier molecular flexibility index (Phi) is 13.3. The average Bonchev–Trinajstić information content (AvgIpc) is 1.55. The van der Waals surface area contributed by atoms with Crippen molar-refractivity contribution in [1.29, 1.82) is 21.0 Å². The van der Waals surface area contributed by atoms with E-state index in [1.165, 1.54) is 5.56 Å². The Hall–Kier alpha value is -14.2. The van der Waals surface area contributed by atoms with Crippen molar-refractivity contribution in [2.75, 3.05) is 0 Å². The maximum Gasteiger partial charge on any atom is 0.145 e. The van der Waals surface area contributed by atoms with E-state index in [2.05, 4.69) is 265 Å². The van der Waals surface area contributed by atoms with Gasteiger partial charge in [0.1, 0.15) is 52.2 Å². The van der Waals surface area contributed by atoms with E-state index in [0.717, 1.165) is 164 Å². The predicted octanol–water partition coefficient (Wildman–Crippen LogP) is 24.5. The second kappa shape index (κ2) is 22.9. The van der Waals surface area contributed by atoms with Gasteiger partial charge in [-0.2, -0.15) is 21.0 Å². The Balaban J connectivity index is 0.750. The van der Waals surface area contributed by atoms with Crippen LogP contribution in [0.25, 0.3) is 176 Å². The first-order chi connectivity index (χ1) is 51.8. The largest absolute Gasteiger partial charge is 0.455 e. The normalized spacial score (nSPS) is 12.2. The van der Waals surface area contributed by atoms with Crippen LogP contribution in [0.2, 0.25) is 0 Å². The molecule has 0 N–H and O–H groups in total. The molecule has 0 fully saturated rings. The monoisotopic (exact) mass is 1360 g/mol. The lowest BCUT2D eigenvalue weighted by molar-refractivity contribution is 0.523. The molecule has 0 saturated heterocycles. The zero-order valence-electron chi connectivity index (χ0n) is 58.6. The summed E-state index contributed by atoms with van der Waals surface area (Å²) in [4.78, 5) is 0. The molecule has 0 aliphatic heterocycles. The smallest absolute Gasteiger partial charge is 0.145 e. The van der Waals surface area contributed by atoms with Crippen molar-refractivity contribution < 1.29 is 8.83 Å². The molecule has 498 valence electrons. The molecule has 106 heavy (non-hydrogen) atoms. The van der Waals surface area contributed by atoms with Gasteiger partial charge < -0.3 is 27.1 Å². The van der Waals surface area contributed by atoms with Crippen LogP contribution in [-0.2, 0) is 17.3 Å². The molecule has 0 bridgehead atoms. The third-order valence-electron chi connectivity index (χ3n) is 22.2. The van der Waals surface area contributed by atoms with E-state index in [-0.39, 0.29) is 5.41 Å². The van der Waals surface area contributed by atoms with E-state index in [4.69, 9.17) is 8.83 Å². The van der Waals surface area contributed by atoms with Crippen LogP contribution in [0.5, 0.6) is 0 Å². The Bertz CT molecular complexity index is 7320. The minimum atomic E-state index is -0.450. The minimum absolute atomic E-state index is 0.178. The van der Waals surface area contributed by atoms with E-state index < -0.39 is 5.41 Å². The van der Waals surface area contributed by atoms with Gasteiger partial charge >= 0.3 is 0 Å². The van der Waals surface area contributed by atoms with Crippen LogP contribution < -0.4 is 0 Å². The molecule has 20 aromatic rings. The van der Waals surface area contributed by atoms with Crippen LogP contribution in [-0.4, -0.2) is 18.3 Å². The van der Waals surface area contributed by atoms with Crippen LogP contribution >= 0.6 is 0 Å². The summed E-state index contributed by atoms with van der Waals surface area (Å²) in [6.07, 6.45) is 0.649. The molecule has 0 amide bonds. The molecule has 6 heterocycles. The number of fused-ring (bicyclic) bond motifs is 20. The van der Waals surface area contributed by atoms with E-state index in [9.17, 15) is 21.0 Å². The first kappa shape index (κ1) is 61.7. The van der Waals surface area contributed by atoms with Crippen molar-refractivity contribution in [3.63, 3.8) is 0 Å². The molecule has 0 aliphatic carbocycles. The highest BCUT2D eigenvalue weighted by Crippen LogP contribution is 2.48. The summed E-state index contributed by atoms with van der Waals surface area (Å²) in [7, 11) is 0. The Morgan fingerprint density at radius 2 is 0.745 bits per heavy atom. The molecule has 6 aromatic heterocycles. The summed E-state index contributed by atoms with van der Waals surface area (Å²) >= 11 is 0. The van der Waals surface area contributed by atoms with Gasteiger partial charge in [-0.15, -0.1) is 0 Å². The van der Waals surface area contributed by atoms with Crippen LogP contribution in [0, 0.1) is 45.3 Å². The van der Waals surface area contributed by atoms with Gasteiger partial charge in [0, 0.05) is 53.9 Å². The molecule has 0 saturated carbocycles. The molecule has 10 nitrogen and oxygen atoms in total. The second-order valence-electron chi connectivity index (χ2n) is 29.7. The number of hydrogen-bond acceptors (Lipinski definition) is 6. The fraction of sp³-hybridized carbons (Fsp3) is 0.0833. The molecule has 14 aromatic carbocycles. The highest BCUT2D eigenvalue weighted by molar-refractivity contribution is 6.26. The Labute approximate surface area is 608 Å². The van der Waals surface area contributed by atoms with Crippen LogP contribution in [0.15, 0.2) is 282 Å². The molecule has 0 atom stereocenters. The summed E-state index contributed by atoms with van der Waals surface area (Å²) in [5.74, 6) is 0. The average molecular weight is 1360 g/mol. The topological polar surface area (TPSA) is 141 Å². The third-order valence-corrected chi connectivity index (χ3v) is 22.2. The fourth-order valence-corrected chi connectivity index (χ4v) is 17.2. The van der Waals surface area contributed by atoms with E-state index in [1.54, 1.807) is 6.07 Å². The van der Waals surface area contributed by atoms with Gasteiger partial charge in [0.25, 0.3) is 0 Å². The zero-order valence-corrected chi connectivity index (χ0v) is 58.6. The lowest BCUT2D eigenvalue weighted by Gasteiger charge is -2.26. The molecule has 0 aliphatic rings. The first-order valence-corrected chi connectivity index (χ1v) is 35.7. The molecule has 10 heteroatoms. The van der Waals surface area contributed by atoms with Gasteiger partial charge in [-0.3, -0.25) is 0 Å². The van der Waals surface area contributed by atoms with E-state index in [0.29, 0.717) is 51.4 Å². The summed E-state index contributed by atoms with van der Waals surface area (Å²) < 4.78 is 22.3. The lowest BCUT2D eigenvalue weighted by Crippen LogP contribution is -2.20. The van der Waals surface area contributed by atoms with Gasteiger partial charge in [0.05, 0.1) is 94.3 Å². The van der Waals surface area contributed by atoms with Crippen LogP contribution in [0.1, 0.15) is 73.6 Å². The van der Waals surface area contributed by atoms with Crippen LogP contribution in [0.4, 0.5) is 0 Å². The van der Waals surface area contributed by atoms with Crippen molar-refractivity contribution in [3.8, 4) is 69.3 Å². The molecular weight excluding hydrogens is 1300 g/mol. The van der Waals surface area contributed by atoms with Gasteiger partial charge in [0.2, 0.25) is 0 Å². The first-order valence-electron chi connectivity index (χ1n) is 35.7. The number of aromatic nitrogens is 4. The van der Waals surface area contributed by atoms with Crippen molar-refractivity contribution >= 4 is 131 Å². The molecule has 0 spiro atoms. The second-order valence-corrected chi connectivity index (χ2v) is 29.7. The van der Waals surface area contributed by atoms with E-state index in [1.807, 2.05) is 78.9 Å².